The zero-order valence-corrected chi connectivity index (χ0v) is 9.10. The zero-order valence-electron chi connectivity index (χ0n) is 9.10. The molecule has 1 saturated carbocycles. The van der Waals surface area contributed by atoms with E-state index in [9.17, 15) is 5.26 Å². The van der Waals surface area contributed by atoms with E-state index in [2.05, 4.69) is 18.3 Å². The van der Waals surface area contributed by atoms with Crippen molar-refractivity contribution >= 4 is 0 Å². The number of nitriles is 1. The average molecular weight is 192 g/mol. The van der Waals surface area contributed by atoms with Gasteiger partial charge < -0.3 is 0 Å². The normalized spacial score (nSPS) is 35.7. The van der Waals surface area contributed by atoms with Gasteiger partial charge in [-0.15, -0.1) is 0 Å². The highest BCUT2D eigenvalue weighted by Crippen LogP contribution is 2.47. The number of nitrogens with one attached hydrogen (secondary N) is 1. The van der Waals surface area contributed by atoms with Crippen LogP contribution in [0.5, 0.6) is 0 Å². The van der Waals surface area contributed by atoms with Gasteiger partial charge in [0.15, 0.2) is 0 Å². The van der Waals surface area contributed by atoms with Crippen molar-refractivity contribution in [3.63, 3.8) is 0 Å². The standard InChI is InChI=1S/C12H20N2/c1-11(5-4-6-11)9-12(10-13)7-2-3-8-14-12/h14H,2-9H2,1H3. The monoisotopic (exact) mass is 192 g/mol. The maximum Gasteiger partial charge on any atom is 0.107 e. The van der Waals surface area contributed by atoms with Crippen LogP contribution >= 0.6 is 0 Å². The molecule has 2 fully saturated rings. The molecule has 2 rings (SSSR count). The minimum Gasteiger partial charge on any atom is -0.299 e. The van der Waals surface area contributed by atoms with Gasteiger partial charge in [0.1, 0.15) is 5.54 Å². The molecule has 1 aliphatic carbocycles. The van der Waals surface area contributed by atoms with Crippen molar-refractivity contribution in [3.8, 4) is 6.07 Å². The summed E-state index contributed by atoms with van der Waals surface area (Å²) in [6.45, 7) is 3.37. The lowest BCUT2D eigenvalue weighted by Crippen LogP contribution is -2.51. The Morgan fingerprint density at radius 1 is 1.21 bits per heavy atom. The van der Waals surface area contributed by atoms with E-state index >= 15 is 0 Å². The van der Waals surface area contributed by atoms with Crippen molar-refractivity contribution in [1.29, 1.82) is 5.26 Å². The first-order valence-corrected chi connectivity index (χ1v) is 5.84. The van der Waals surface area contributed by atoms with Gasteiger partial charge in [-0.1, -0.05) is 13.3 Å². The second-order valence-electron chi connectivity index (χ2n) is 5.42. The first kappa shape index (κ1) is 9.98. The Morgan fingerprint density at radius 2 is 2.00 bits per heavy atom. The number of piperidine rings is 1. The first-order valence-electron chi connectivity index (χ1n) is 5.84. The van der Waals surface area contributed by atoms with Crippen LogP contribution in [0.4, 0.5) is 0 Å². The molecule has 1 saturated heterocycles. The average Bonchev–Trinajstić information content (AvgIpc) is 2.17. The number of rotatable bonds is 2. The highest BCUT2D eigenvalue weighted by atomic mass is 15.0. The second kappa shape index (κ2) is 3.55. The van der Waals surface area contributed by atoms with Gasteiger partial charge in [-0.3, -0.25) is 5.32 Å². The molecule has 1 unspecified atom stereocenters. The summed E-state index contributed by atoms with van der Waals surface area (Å²) in [6, 6.07) is 2.53. The van der Waals surface area contributed by atoms with Gasteiger partial charge in [0.2, 0.25) is 0 Å². The van der Waals surface area contributed by atoms with E-state index in [0.717, 1.165) is 19.4 Å². The summed E-state index contributed by atoms with van der Waals surface area (Å²) >= 11 is 0. The molecule has 78 valence electrons. The van der Waals surface area contributed by atoms with Crippen LogP contribution in [-0.4, -0.2) is 12.1 Å². The topological polar surface area (TPSA) is 35.8 Å². The summed E-state index contributed by atoms with van der Waals surface area (Å²) < 4.78 is 0. The predicted molar refractivity (Wildman–Crippen MR) is 56.8 cm³/mol. The molecule has 2 nitrogen and oxygen atoms in total. The molecule has 0 aromatic heterocycles. The van der Waals surface area contributed by atoms with Crippen molar-refractivity contribution in [2.45, 2.75) is 57.4 Å². The van der Waals surface area contributed by atoms with Crippen LogP contribution in [0.15, 0.2) is 0 Å². The third-order valence-electron chi connectivity index (χ3n) is 4.00. The molecule has 1 N–H and O–H groups in total. The van der Waals surface area contributed by atoms with Crippen molar-refractivity contribution in [1.82, 2.24) is 5.32 Å². The van der Waals surface area contributed by atoms with Gasteiger partial charge in [0.25, 0.3) is 0 Å². The van der Waals surface area contributed by atoms with Gasteiger partial charge >= 0.3 is 0 Å². The molecule has 1 heterocycles. The molecular formula is C12H20N2. The molecule has 14 heavy (non-hydrogen) atoms. The fourth-order valence-electron chi connectivity index (χ4n) is 2.94. The highest BCUT2D eigenvalue weighted by molar-refractivity contribution is 5.11. The summed E-state index contributed by atoms with van der Waals surface area (Å²) in [6.07, 6.45) is 8.57. The summed E-state index contributed by atoms with van der Waals surface area (Å²) in [5, 5.41) is 12.8. The Labute approximate surface area is 86.7 Å². The second-order valence-corrected chi connectivity index (χ2v) is 5.42. The molecule has 0 bridgehead atoms. The van der Waals surface area contributed by atoms with Crippen LogP contribution in [-0.2, 0) is 0 Å². The zero-order chi connectivity index (χ0) is 10.1. The molecule has 2 heteroatoms. The van der Waals surface area contributed by atoms with E-state index in [0.29, 0.717) is 5.41 Å². The summed E-state index contributed by atoms with van der Waals surface area (Å²) in [4.78, 5) is 0. The first-order chi connectivity index (χ1) is 6.68. The molecule has 1 atom stereocenters. The molecule has 1 aliphatic heterocycles. The SMILES string of the molecule is CC1(CC2(C#N)CCCCN2)CCC1. The van der Waals surface area contributed by atoms with Crippen LogP contribution in [0.3, 0.4) is 0 Å². The van der Waals surface area contributed by atoms with Crippen molar-refractivity contribution in [3.05, 3.63) is 0 Å². The highest BCUT2D eigenvalue weighted by Gasteiger charge is 2.42. The summed E-state index contributed by atoms with van der Waals surface area (Å²) in [5.41, 5.74) is 0.271. The summed E-state index contributed by atoms with van der Waals surface area (Å²) in [7, 11) is 0. The van der Waals surface area contributed by atoms with Crippen LogP contribution < -0.4 is 5.32 Å². The minimum atomic E-state index is -0.187. The van der Waals surface area contributed by atoms with Crippen molar-refractivity contribution in [2.75, 3.05) is 6.54 Å². The van der Waals surface area contributed by atoms with Gasteiger partial charge in [-0.05, 0) is 50.5 Å². The molecule has 0 aromatic rings. The van der Waals surface area contributed by atoms with Crippen molar-refractivity contribution in [2.24, 2.45) is 5.41 Å². The third kappa shape index (κ3) is 1.79. The Kier molecular flexibility index (Phi) is 2.53. The Morgan fingerprint density at radius 3 is 2.43 bits per heavy atom. The Balaban J connectivity index is 2.01. The molecule has 0 radical (unpaired) electrons. The fourth-order valence-corrected chi connectivity index (χ4v) is 2.94. The lowest BCUT2D eigenvalue weighted by atomic mass is 9.63. The van der Waals surface area contributed by atoms with E-state index in [-0.39, 0.29) is 5.54 Å². The Bertz CT molecular complexity index is 242. The van der Waals surface area contributed by atoms with E-state index in [1.807, 2.05) is 0 Å². The molecule has 0 amide bonds. The lowest BCUT2D eigenvalue weighted by molar-refractivity contribution is 0.0971. The van der Waals surface area contributed by atoms with E-state index < -0.39 is 0 Å². The van der Waals surface area contributed by atoms with Crippen LogP contribution in [0, 0.1) is 16.7 Å². The third-order valence-corrected chi connectivity index (χ3v) is 4.00. The van der Waals surface area contributed by atoms with E-state index in [1.165, 1.54) is 32.1 Å². The molecule has 0 aromatic carbocycles. The van der Waals surface area contributed by atoms with Gasteiger partial charge in [-0.25, -0.2) is 0 Å². The van der Waals surface area contributed by atoms with Crippen LogP contribution in [0.2, 0.25) is 0 Å². The lowest BCUT2D eigenvalue weighted by Gasteiger charge is -2.45. The molecule has 0 spiro atoms. The number of hydrogen-bond acceptors (Lipinski definition) is 2. The van der Waals surface area contributed by atoms with Gasteiger partial charge in [0.05, 0.1) is 6.07 Å². The Hall–Kier alpha value is -0.550. The van der Waals surface area contributed by atoms with Crippen molar-refractivity contribution < 1.29 is 0 Å². The summed E-state index contributed by atoms with van der Waals surface area (Å²) in [5.74, 6) is 0. The quantitative estimate of drug-likeness (QED) is 0.730. The number of nitrogens with zero attached hydrogens (tertiary/aromatic N) is 1. The maximum absolute atomic E-state index is 9.31. The number of hydrogen-bond donors (Lipinski definition) is 1. The van der Waals surface area contributed by atoms with Gasteiger partial charge in [-0.2, -0.15) is 5.26 Å². The van der Waals surface area contributed by atoms with Crippen LogP contribution in [0.25, 0.3) is 0 Å². The smallest absolute Gasteiger partial charge is 0.107 e. The largest absolute Gasteiger partial charge is 0.299 e. The van der Waals surface area contributed by atoms with E-state index in [4.69, 9.17) is 0 Å². The molecular weight excluding hydrogens is 172 g/mol. The fraction of sp³-hybridized carbons (Fsp3) is 0.917. The minimum absolute atomic E-state index is 0.187. The van der Waals surface area contributed by atoms with Crippen LogP contribution in [0.1, 0.15) is 51.9 Å². The predicted octanol–water partition coefficient (Wildman–Crippen LogP) is 2.60. The van der Waals surface area contributed by atoms with Gasteiger partial charge in [0, 0.05) is 0 Å². The molecule has 2 aliphatic rings. The van der Waals surface area contributed by atoms with E-state index in [1.54, 1.807) is 0 Å². The maximum atomic E-state index is 9.31.